The van der Waals surface area contributed by atoms with Crippen LogP contribution >= 0.6 is 0 Å². The Labute approximate surface area is 107 Å². The number of hydrogen-bond donors (Lipinski definition) is 0. The molecule has 0 aliphatic carbocycles. The summed E-state index contributed by atoms with van der Waals surface area (Å²) in [5.41, 5.74) is 2.19. The second-order valence-corrected chi connectivity index (χ2v) is 4.35. The molecule has 0 aromatic heterocycles. The van der Waals surface area contributed by atoms with Crippen molar-refractivity contribution in [2.75, 3.05) is 18.6 Å². The van der Waals surface area contributed by atoms with Gasteiger partial charge in [-0.25, -0.2) is 0 Å². The molecule has 1 heterocycles. The number of aryl methyl sites for hydroxylation is 1. The van der Waals surface area contributed by atoms with Gasteiger partial charge in [0.2, 0.25) is 5.91 Å². The van der Waals surface area contributed by atoms with E-state index in [-0.39, 0.29) is 24.7 Å². The predicted molar refractivity (Wildman–Crippen MR) is 68.4 cm³/mol. The number of esters is 1. The van der Waals surface area contributed by atoms with E-state index in [0.717, 1.165) is 25.1 Å². The summed E-state index contributed by atoms with van der Waals surface area (Å²) in [5, 5.41) is 0. The highest BCUT2D eigenvalue weighted by Crippen LogP contribution is 2.27. The minimum absolute atomic E-state index is 0.00690. The largest absolute Gasteiger partial charge is 0.469 e. The highest BCUT2D eigenvalue weighted by molar-refractivity contribution is 5.96. The number of carbonyl (C=O) groups is 2. The molecule has 0 radical (unpaired) electrons. The van der Waals surface area contributed by atoms with E-state index < -0.39 is 0 Å². The summed E-state index contributed by atoms with van der Waals surface area (Å²) in [6.45, 7) is 0.733. The molecule has 0 atom stereocenters. The Hall–Kier alpha value is -1.84. The van der Waals surface area contributed by atoms with Crippen molar-refractivity contribution < 1.29 is 14.3 Å². The number of amides is 1. The molecule has 4 nitrogen and oxygen atoms in total. The van der Waals surface area contributed by atoms with Crippen LogP contribution in [0.2, 0.25) is 0 Å². The third-order valence-electron chi connectivity index (χ3n) is 3.18. The second-order valence-electron chi connectivity index (χ2n) is 4.35. The molecule has 0 unspecified atom stereocenters. The molecular weight excluding hydrogens is 230 g/mol. The SMILES string of the molecule is COC(=O)CCC(=O)N1CCCc2ccccc21. The number of nitrogens with zero attached hydrogens (tertiary/aromatic N) is 1. The molecule has 2 rings (SSSR count). The standard InChI is InChI=1S/C14H17NO3/c1-18-14(17)9-8-13(16)15-10-4-6-11-5-2-3-7-12(11)15/h2-3,5,7H,4,6,8-10H2,1H3. The Balaban J connectivity index is 2.06. The molecule has 18 heavy (non-hydrogen) atoms. The quantitative estimate of drug-likeness (QED) is 0.767. The first-order valence-electron chi connectivity index (χ1n) is 6.17. The topological polar surface area (TPSA) is 46.6 Å². The van der Waals surface area contributed by atoms with E-state index in [4.69, 9.17) is 0 Å². The summed E-state index contributed by atoms with van der Waals surface area (Å²) < 4.78 is 4.55. The summed E-state index contributed by atoms with van der Waals surface area (Å²) in [7, 11) is 1.34. The normalized spacial score (nSPS) is 13.9. The Morgan fingerprint density at radius 1 is 1.28 bits per heavy atom. The van der Waals surface area contributed by atoms with Gasteiger partial charge in [-0.15, -0.1) is 0 Å². The first-order chi connectivity index (χ1) is 8.72. The van der Waals surface area contributed by atoms with Crippen molar-refractivity contribution in [3.63, 3.8) is 0 Å². The van der Waals surface area contributed by atoms with E-state index >= 15 is 0 Å². The smallest absolute Gasteiger partial charge is 0.306 e. The highest BCUT2D eigenvalue weighted by Gasteiger charge is 2.22. The van der Waals surface area contributed by atoms with Gasteiger partial charge in [-0.1, -0.05) is 18.2 Å². The summed E-state index contributed by atoms with van der Waals surface area (Å²) in [4.78, 5) is 24.9. The zero-order valence-corrected chi connectivity index (χ0v) is 10.5. The van der Waals surface area contributed by atoms with Gasteiger partial charge in [0.1, 0.15) is 0 Å². The number of carbonyl (C=O) groups excluding carboxylic acids is 2. The van der Waals surface area contributed by atoms with E-state index in [0.29, 0.717) is 0 Å². The van der Waals surface area contributed by atoms with Gasteiger partial charge < -0.3 is 9.64 Å². The van der Waals surface area contributed by atoms with Crippen molar-refractivity contribution in [3.8, 4) is 0 Å². The third-order valence-corrected chi connectivity index (χ3v) is 3.18. The number of anilines is 1. The van der Waals surface area contributed by atoms with Gasteiger partial charge in [-0.05, 0) is 24.5 Å². The van der Waals surface area contributed by atoms with E-state index in [1.807, 2.05) is 18.2 Å². The first kappa shape index (κ1) is 12.6. The fourth-order valence-electron chi connectivity index (χ4n) is 2.24. The minimum Gasteiger partial charge on any atom is -0.469 e. The molecular formula is C14H17NO3. The molecule has 1 amide bonds. The number of rotatable bonds is 3. The number of para-hydroxylation sites is 1. The molecule has 0 spiro atoms. The van der Waals surface area contributed by atoms with Crippen molar-refractivity contribution in [3.05, 3.63) is 29.8 Å². The first-order valence-corrected chi connectivity index (χ1v) is 6.17. The Bertz CT molecular complexity index is 456. The number of benzene rings is 1. The lowest BCUT2D eigenvalue weighted by Gasteiger charge is -2.29. The maximum Gasteiger partial charge on any atom is 0.306 e. The molecule has 96 valence electrons. The van der Waals surface area contributed by atoms with Crippen molar-refractivity contribution in [1.82, 2.24) is 0 Å². The molecule has 0 N–H and O–H groups in total. The van der Waals surface area contributed by atoms with Crippen molar-refractivity contribution >= 4 is 17.6 Å². The lowest BCUT2D eigenvalue weighted by Crippen LogP contribution is -2.35. The number of methoxy groups -OCH3 is 1. The number of fused-ring (bicyclic) bond motifs is 1. The van der Waals surface area contributed by atoms with E-state index in [1.54, 1.807) is 4.90 Å². The van der Waals surface area contributed by atoms with Crippen LogP contribution < -0.4 is 4.90 Å². The van der Waals surface area contributed by atoms with Crippen molar-refractivity contribution in [1.29, 1.82) is 0 Å². The molecule has 4 heteroatoms. The highest BCUT2D eigenvalue weighted by atomic mass is 16.5. The fourth-order valence-corrected chi connectivity index (χ4v) is 2.24. The summed E-state index contributed by atoms with van der Waals surface area (Å²) in [6.07, 6.45) is 2.34. The van der Waals surface area contributed by atoms with Crippen LogP contribution in [-0.2, 0) is 20.7 Å². The maximum absolute atomic E-state index is 12.1. The minimum atomic E-state index is -0.339. The van der Waals surface area contributed by atoms with Crippen LogP contribution in [0.25, 0.3) is 0 Å². The molecule has 0 bridgehead atoms. The third kappa shape index (κ3) is 2.70. The van der Waals surface area contributed by atoms with Gasteiger partial charge in [0.25, 0.3) is 0 Å². The van der Waals surface area contributed by atoms with Gasteiger partial charge in [0.15, 0.2) is 0 Å². The zero-order valence-electron chi connectivity index (χ0n) is 10.5. The van der Waals surface area contributed by atoms with Crippen molar-refractivity contribution in [2.45, 2.75) is 25.7 Å². The lowest BCUT2D eigenvalue weighted by atomic mass is 10.0. The van der Waals surface area contributed by atoms with Gasteiger partial charge in [-0.2, -0.15) is 0 Å². The van der Waals surface area contributed by atoms with Crippen LogP contribution in [0.5, 0.6) is 0 Å². The van der Waals surface area contributed by atoms with Crippen LogP contribution in [0.3, 0.4) is 0 Å². The average molecular weight is 247 g/mol. The predicted octanol–water partition coefficient (Wildman–Crippen LogP) is 1.92. The summed E-state index contributed by atoms with van der Waals surface area (Å²) in [6, 6.07) is 7.94. The lowest BCUT2D eigenvalue weighted by molar-refractivity contribution is -0.141. The van der Waals surface area contributed by atoms with Gasteiger partial charge in [0.05, 0.1) is 13.5 Å². The van der Waals surface area contributed by atoms with Crippen LogP contribution in [0.1, 0.15) is 24.8 Å². The molecule has 1 aliphatic heterocycles. The Kier molecular flexibility index (Phi) is 3.97. The van der Waals surface area contributed by atoms with E-state index in [1.165, 1.54) is 12.7 Å². The second kappa shape index (κ2) is 5.67. The fraction of sp³-hybridized carbons (Fsp3) is 0.429. The average Bonchev–Trinajstić information content (AvgIpc) is 2.43. The van der Waals surface area contributed by atoms with E-state index in [9.17, 15) is 9.59 Å². The Morgan fingerprint density at radius 3 is 2.83 bits per heavy atom. The summed E-state index contributed by atoms with van der Waals surface area (Å²) in [5.74, 6) is -0.346. The molecule has 0 fully saturated rings. The maximum atomic E-state index is 12.1. The van der Waals surface area contributed by atoms with Gasteiger partial charge >= 0.3 is 5.97 Å². The van der Waals surface area contributed by atoms with Crippen LogP contribution in [0.4, 0.5) is 5.69 Å². The van der Waals surface area contributed by atoms with Crippen molar-refractivity contribution in [2.24, 2.45) is 0 Å². The van der Waals surface area contributed by atoms with Gasteiger partial charge in [0, 0.05) is 18.7 Å². The van der Waals surface area contributed by atoms with Crippen LogP contribution in [0.15, 0.2) is 24.3 Å². The molecule has 1 aliphatic rings. The molecule has 1 aromatic rings. The monoisotopic (exact) mass is 247 g/mol. The number of ether oxygens (including phenoxy) is 1. The molecule has 1 aromatic carbocycles. The molecule has 0 saturated carbocycles. The van der Waals surface area contributed by atoms with Gasteiger partial charge in [-0.3, -0.25) is 9.59 Å². The Morgan fingerprint density at radius 2 is 2.06 bits per heavy atom. The van der Waals surface area contributed by atoms with E-state index in [2.05, 4.69) is 10.8 Å². The van der Waals surface area contributed by atoms with Crippen LogP contribution in [-0.4, -0.2) is 25.5 Å². The van der Waals surface area contributed by atoms with Crippen LogP contribution in [0, 0.1) is 0 Å². The number of hydrogen-bond acceptors (Lipinski definition) is 3. The zero-order chi connectivity index (χ0) is 13.0. The molecule has 0 saturated heterocycles. The summed E-state index contributed by atoms with van der Waals surface area (Å²) >= 11 is 0.